The Kier molecular flexibility index (Phi) is 5.51. The van der Waals surface area contributed by atoms with Gasteiger partial charge < -0.3 is 24.3 Å². The molecule has 1 unspecified atom stereocenters. The number of hydrogen-bond donors (Lipinski definition) is 1. The van der Waals surface area contributed by atoms with Gasteiger partial charge in [-0.2, -0.15) is 0 Å². The first kappa shape index (κ1) is 17.9. The Bertz CT molecular complexity index is 790. The largest absolute Gasteiger partial charge is 0.493 e. The van der Waals surface area contributed by atoms with Gasteiger partial charge in [0, 0.05) is 17.7 Å². The molecule has 1 aliphatic heterocycles. The van der Waals surface area contributed by atoms with Crippen molar-refractivity contribution < 1.29 is 23.7 Å². The van der Waals surface area contributed by atoms with Crippen LogP contribution in [0.3, 0.4) is 0 Å². The molecular formula is C20H23NO5. The van der Waals surface area contributed by atoms with Crippen molar-refractivity contribution in [3.8, 4) is 23.0 Å². The zero-order valence-corrected chi connectivity index (χ0v) is 15.2. The molecule has 1 amide bonds. The summed E-state index contributed by atoms with van der Waals surface area (Å²) < 4.78 is 21.6. The van der Waals surface area contributed by atoms with Crippen molar-refractivity contribution in [2.24, 2.45) is 5.92 Å². The van der Waals surface area contributed by atoms with Gasteiger partial charge in [0.25, 0.3) is 0 Å². The SMILES string of the molecule is COc1ccc(CC(C)C(=O)Nc2ccc3c(c2)OCCO3)cc1OC. The Balaban J connectivity index is 1.64. The van der Waals surface area contributed by atoms with Gasteiger partial charge in [-0.15, -0.1) is 0 Å². The highest BCUT2D eigenvalue weighted by atomic mass is 16.6. The zero-order chi connectivity index (χ0) is 18.5. The maximum atomic E-state index is 12.5. The Morgan fingerprint density at radius 3 is 2.50 bits per heavy atom. The predicted octanol–water partition coefficient (Wildman–Crippen LogP) is 3.29. The van der Waals surface area contributed by atoms with Crippen LogP contribution in [-0.2, 0) is 11.2 Å². The zero-order valence-electron chi connectivity index (χ0n) is 15.2. The third kappa shape index (κ3) is 4.02. The van der Waals surface area contributed by atoms with Crippen LogP contribution in [0.2, 0.25) is 0 Å². The number of amides is 1. The van der Waals surface area contributed by atoms with E-state index >= 15 is 0 Å². The van der Waals surface area contributed by atoms with Crippen LogP contribution in [0, 0.1) is 5.92 Å². The third-order valence-corrected chi connectivity index (χ3v) is 4.25. The Morgan fingerprint density at radius 2 is 1.77 bits per heavy atom. The molecule has 3 rings (SSSR count). The molecule has 1 N–H and O–H groups in total. The third-order valence-electron chi connectivity index (χ3n) is 4.25. The molecule has 0 saturated heterocycles. The Morgan fingerprint density at radius 1 is 1.04 bits per heavy atom. The lowest BCUT2D eigenvalue weighted by Gasteiger charge is -2.19. The summed E-state index contributed by atoms with van der Waals surface area (Å²) in [6.07, 6.45) is 0.594. The molecule has 0 aliphatic carbocycles. The fraction of sp³-hybridized carbons (Fsp3) is 0.350. The number of carbonyl (C=O) groups excluding carboxylic acids is 1. The molecule has 0 bridgehead atoms. The number of ether oxygens (including phenoxy) is 4. The van der Waals surface area contributed by atoms with Crippen LogP contribution < -0.4 is 24.3 Å². The lowest BCUT2D eigenvalue weighted by atomic mass is 10.00. The topological polar surface area (TPSA) is 66.0 Å². The smallest absolute Gasteiger partial charge is 0.227 e. The number of nitrogens with one attached hydrogen (secondary N) is 1. The molecule has 1 heterocycles. The van der Waals surface area contributed by atoms with Crippen molar-refractivity contribution in [3.63, 3.8) is 0 Å². The first-order chi connectivity index (χ1) is 12.6. The van der Waals surface area contributed by atoms with Crippen molar-refractivity contribution >= 4 is 11.6 Å². The van der Waals surface area contributed by atoms with Gasteiger partial charge in [-0.1, -0.05) is 13.0 Å². The van der Waals surface area contributed by atoms with Crippen LogP contribution >= 0.6 is 0 Å². The molecule has 0 saturated carbocycles. The van der Waals surface area contributed by atoms with Crippen molar-refractivity contribution in [2.75, 3.05) is 32.8 Å². The van der Waals surface area contributed by atoms with E-state index in [1.165, 1.54) is 0 Å². The van der Waals surface area contributed by atoms with Crippen LogP contribution in [0.5, 0.6) is 23.0 Å². The summed E-state index contributed by atoms with van der Waals surface area (Å²) in [6.45, 7) is 2.95. The summed E-state index contributed by atoms with van der Waals surface area (Å²) in [4.78, 5) is 12.5. The Hall–Kier alpha value is -2.89. The van der Waals surface area contributed by atoms with Gasteiger partial charge in [0.2, 0.25) is 5.91 Å². The summed E-state index contributed by atoms with van der Waals surface area (Å²) in [7, 11) is 3.20. The number of fused-ring (bicyclic) bond motifs is 1. The second-order valence-corrected chi connectivity index (χ2v) is 6.14. The maximum Gasteiger partial charge on any atom is 0.227 e. The average molecular weight is 357 g/mol. The minimum atomic E-state index is -0.207. The molecule has 138 valence electrons. The molecule has 2 aromatic rings. The minimum Gasteiger partial charge on any atom is -0.493 e. The molecular weight excluding hydrogens is 334 g/mol. The van der Waals surface area contributed by atoms with E-state index in [1.807, 2.05) is 37.3 Å². The number of rotatable bonds is 6. The van der Waals surface area contributed by atoms with E-state index in [0.29, 0.717) is 48.3 Å². The van der Waals surface area contributed by atoms with E-state index in [2.05, 4.69) is 5.32 Å². The first-order valence-electron chi connectivity index (χ1n) is 8.52. The van der Waals surface area contributed by atoms with E-state index in [0.717, 1.165) is 5.56 Å². The van der Waals surface area contributed by atoms with E-state index in [1.54, 1.807) is 20.3 Å². The highest BCUT2D eigenvalue weighted by Crippen LogP contribution is 2.33. The van der Waals surface area contributed by atoms with Gasteiger partial charge in [-0.05, 0) is 36.2 Å². The summed E-state index contributed by atoms with van der Waals surface area (Å²) in [5.41, 5.74) is 1.70. The van der Waals surface area contributed by atoms with Crippen LogP contribution in [0.25, 0.3) is 0 Å². The molecule has 1 atom stereocenters. The second-order valence-electron chi connectivity index (χ2n) is 6.14. The molecule has 26 heavy (non-hydrogen) atoms. The van der Waals surface area contributed by atoms with Crippen LogP contribution in [0.1, 0.15) is 12.5 Å². The van der Waals surface area contributed by atoms with Crippen molar-refractivity contribution in [1.82, 2.24) is 0 Å². The molecule has 1 aliphatic rings. The second kappa shape index (κ2) is 7.99. The molecule has 0 fully saturated rings. The lowest BCUT2D eigenvalue weighted by molar-refractivity contribution is -0.119. The van der Waals surface area contributed by atoms with E-state index in [4.69, 9.17) is 18.9 Å². The summed E-state index contributed by atoms with van der Waals surface area (Å²) >= 11 is 0. The number of carbonyl (C=O) groups is 1. The molecule has 0 aromatic heterocycles. The maximum absolute atomic E-state index is 12.5. The fourth-order valence-corrected chi connectivity index (χ4v) is 2.84. The lowest BCUT2D eigenvalue weighted by Crippen LogP contribution is -2.22. The van der Waals surface area contributed by atoms with Crippen LogP contribution in [-0.4, -0.2) is 33.3 Å². The summed E-state index contributed by atoms with van der Waals surface area (Å²) in [5, 5.41) is 2.93. The average Bonchev–Trinajstić information content (AvgIpc) is 2.67. The molecule has 6 nitrogen and oxygen atoms in total. The number of benzene rings is 2. The summed E-state index contributed by atoms with van der Waals surface area (Å²) in [5.74, 6) is 2.42. The predicted molar refractivity (Wildman–Crippen MR) is 98.5 cm³/mol. The standard InChI is InChI=1S/C20H23NO5/c1-13(10-14-4-6-16(23-2)18(11-14)24-3)20(22)21-15-5-7-17-19(12-15)26-9-8-25-17/h4-7,11-13H,8-10H2,1-3H3,(H,21,22). The first-order valence-corrected chi connectivity index (χ1v) is 8.52. The van der Waals surface area contributed by atoms with E-state index in [9.17, 15) is 4.79 Å². The van der Waals surface area contributed by atoms with Crippen molar-refractivity contribution in [2.45, 2.75) is 13.3 Å². The molecule has 2 aromatic carbocycles. The number of hydrogen-bond acceptors (Lipinski definition) is 5. The van der Waals surface area contributed by atoms with Gasteiger partial charge >= 0.3 is 0 Å². The number of anilines is 1. The van der Waals surface area contributed by atoms with Gasteiger partial charge in [-0.25, -0.2) is 0 Å². The molecule has 0 spiro atoms. The van der Waals surface area contributed by atoms with Crippen molar-refractivity contribution in [1.29, 1.82) is 0 Å². The summed E-state index contributed by atoms with van der Waals surface area (Å²) in [6, 6.07) is 11.1. The Labute approximate surface area is 153 Å². The van der Waals surface area contributed by atoms with E-state index < -0.39 is 0 Å². The van der Waals surface area contributed by atoms with E-state index in [-0.39, 0.29) is 11.8 Å². The van der Waals surface area contributed by atoms with Gasteiger partial charge in [0.05, 0.1) is 14.2 Å². The van der Waals surface area contributed by atoms with Crippen LogP contribution in [0.4, 0.5) is 5.69 Å². The molecule has 0 radical (unpaired) electrons. The van der Waals surface area contributed by atoms with Gasteiger partial charge in [-0.3, -0.25) is 4.79 Å². The normalized spacial score (nSPS) is 13.7. The number of methoxy groups -OCH3 is 2. The molecule has 6 heteroatoms. The highest BCUT2D eigenvalue weighted by molar-refractivity contribution is 5.92. The van der Waals surface area contributed by atoms with Gasteiger partial charge in [0.1, 0.15) is 13.2 Å². The van der Waals surface area contributed by atoms with Crippen molar-refractivity contribution in [3.05, 3.63) is 42.0 Å². The quantitative estimate of drug-likeness (QED) is 0.859. The van der Waals surface area contributed by atoms with Crippen LogP contribution in [0.15, 0.2) is 36.4 Å². The highest BCUT2D eigenvalue weighted by Gasteiger charge is 2.17. The minimum absolute atomic E-state index is 0.0588. The monoisotopic (exact) mass is 357 g/mol. The van der Waals surface area contributed by atoms with Gasteiger partial charge in [0.15, 0.2) is 23.0 Å². The fourth-order valence-electron chi connectivity index (χ4n) is 2.84.